The zero-order chi connectivity index (χ0) is 21.8. The number of benzene rings is 2. The Morgan fingerprint density at radius 3 is 2.24 bits per heavy atom. The third kappa shape index (κ3) is 6.91. The Morgan fingerprint density at radius 1 is 1.00 bits per heavy atom. The van der Waals surface area contributed by atoms with Crippen molar-refractivity contribution in [3.63, 3.8) is 0 Å². The first-order valence-corrected chi connectivity index (χ1v) is 10.4. The molecule has 0 aromatic heterocycles. The monoisotopic (exact) mass is 454 g/mol. The van der Waals surface area contributed by atoms with Crippen LogP contribution in [0.5, 0.6) is 0 Å². The number of amides is 2. The highest BCUT2D eigenvalue weighted by Crippen LogP contribution is 2.24. The van der Waals surface area contributed by atoms with Crippen LogP contribution in [0.25, 0.3) is 0 Å². The van der Waals surface area contributed by atoms with Gasteiger partial charge in [0.25, 0.3) is 0 Å². The van der Waals surface area contributed by atoms with Crippen molar-refractivity contribution >= 4 is 46.6 Å². The third-order valence-electron chi connectivity index (χ3n) is 4.32. The first kappa shape index (κ1) is 23.5. The molecule has 0 bridgehead atoms. The summed E-state index contributed by atoms with van der Waals surface area (Å²) in [5, 5.41) is 4.38. The first-order chi connectivity index (χ1) is 13.5. The van der Waals surface area contributed by atoms with Gasteiger partial charge in [0.15, 0.2) is 0 Å². The van der Waals surface area contributed by atoms with Gasteiger partial charge >= 0.3 is 0 Å². The molecule has 0 fully saturated rings. The molecule has 0 spiro atoms. The van der Waals surface area contributed by atoms with Crippen LogP contribution >= 0.6 is 34.8 Å². The number of rotatable bonds is 6. The highest BCUT2D eigenvalue weighted by Gasteiger charge is 2.29. The molecule has 1 N–H and O–H groups in total. The van der Waals surface area contributed by atoms with Crippen LogP contribution in [0.4, 0.5) is 0 Å². The standard InChI is InChI=1S/C22H25Cl3N2O2/c1-14(21(29)26-22(2,3)4)27(13-16-9-10-17(23)12-19(16)25)20(28)11-15-7-5-6-8-18(15)24/h5-10,12,14H,11,13H2,1-4H3,(H,26,29). The van der Waals surface area contributed by atoms with Gasteiger partial charge in [-0.1, -0.05) is 59.1 Å². The fraction of sp³-hybridized carbons (Fsp3) is 0.364. The minimum Gasteiger partial charge on any atom is -0.350 e. The summed E-state index contributed by atoms with van der Waals surface area (Å²) in [6.07, 6.45) is 0.0814. The second-order valence-corrected chi connectivity index (χ2v) is 9.19. The van der Waals surface area contributed by atoms with Crippen LogP contribution in [-0.4, -0.2) is 28.3 Å². The van der Waals surface area contributed by atoms with Crippen molar-refractivity contribution in [2.24, 2.45) is 0 Å². The van der Waals surface area contributed by atoms with E-state index in [1.807, 2.05) is 26.8 Å². The van der Waals surface area contributed by atoms with Crippen molar-refractivity contribution in [2.45, 2.75) is 52.2 Å². The number of nitrogens with one attached hydrogen (secondary N) is 1. The molecule has 2 aromatic rings. The number of halogens is 3. The molecule has 1 unspecified atom stereocenters. The zero-order valence-corrected chi connectivity index (χ0v) is 19.2. The summed E-state index contributed by atoms with van der Waals surface area (Å²) in [6, 6.07) is 11.6. The SMILES string of the molecule is CC(C(=O)NC(C)(C)C)N(Cc1ccc(Cl)cc1Cl)C(=O)Cc1ccccc1Cl. The summed E-state index contributed by atoms with van der Waals surface area (Å²) in [7, 11) is 0. The molecule has 2 rings (SSSR count). The van der Waals surface area contributed by atoms with Crippen LogP contribution in [0.2, 0.25) is 15.1 Å². The average Bonchev–Trinajstić information content (AvgIpc) is 2.61. The highest BCUT2D eigenvalue weighted by atomic mass is 35.5. The molecule has 0 saturated heterocycles. The predicted molar refractivity (Wildman–Crippen MR) is 120 cm³/mol. The summed E-state index contributed by atoms with van der Waals surface area (Å²) < 4.78 is 0. The van der Waals surface area contributed by atoms with Gasteiger partial charge in [0.1, 0.15) is 6.04 Å². The molecule has 0 aliphatic rings. The second-order valence-electron chi connectivity index (χ2n) is 7.94. The molecule has 4 nitrogen and oxygen atoms in total. The van der Waals surface area contributed by atoms with Crippen LogP contribution in [0, 0.1) is 0 Å². The molecule has 0 heterocycles. The minimum absolute atomic E-state index is 0.0814. The normalized spacial score (nSPS) is 12.4. The van der Waals surface area contributed by atoms with Gasteiger partial charge in [-0.05, 0) is 57.0 Å². The second kappa shape index (κ2) is 9.84. The van der Waals surface area contributed by atoms with E-state index in [0.29, 0.717) is 26.2 Å². The molecule has 1 atom stereocenters. The average molecular weight is 456 g/mol. The maximum absolute atomic E-state index is 13.2. The number of carbonyl (C=O) groups is 2. The fourth-order valence-corrected chi connectivity index (χ4v) is 3.47. The Bertz CT molecular complexity index is 894. The van der Waals surface area contributed by atoms with Gasteiger partial charge in [-0.3, -0.25) is 9.59 Å². The smallest absolute Gasteiger partial charge is 0.242 e. The number of hydrogen-bond donors (Lipinski definition) is 1. The Labute approximate surface area is 187 Å². The van der Waals surface area contributed by atoms with E-state index in [2.05, 4.69) is 5.32 Å². The van der Waals surface area contributed by atoms with Crippen LogP contribution in [0.1, 0.15) is 38.8 Å². The quantitative estimate of drug-likeness (QED) is 0.623. The van der Waals surface area contributed by atoms with Crippen molar-refractivity contribution in [1.29, 1.82) is 0 Å². The van der Waals surface area contributed by atoms with E-state index in [1.54, 1.807) is 43.3 Å². The summed E-state index contributed by atoms with van der Waals surface area (Å²) in [4.78, 5) is 27.5. The number of carbonyl (C=O) groups excluding carboxylic acids is 2. The lowest BCUT2D eigenvalue weighted by Crippen LogP contribution is -2.52. The predicted octanol–water partition coefficient (Wildman–Crippen LogP) is 5.52. The molecular formula is C22H25Cl3N2O2. The molecule has 0 saturated carbocycles. The first-order valence-electron chi connectivity index (χ1n) is 9.27. The Hall–Kier alpha value is -1.75. The molecule has 0 radical (unpaired) electrons. The Balaban J connectivity index is 2.32. The maximum Gasteiger partial charge on any atom is 0.242 e. The highest BCUT2D eigenvalue weighted by molar-refractivity contribution is 6.35. The number of hydrogen-bond acceptors (Lipinski definition) is 2. The van der Waals surface area contributed by atoms with E-state index in [9.17, 15) is 9.59 Å². The van der Waals surface area contributed by atoms with Gasteiger partial charge < -0.3 is 10.2 Å². The van der Waals surface area contributed by atoms with Gasteiger partial charge in [0.2, 0.25) is 11.8 Å². The van der Waals surface area contributed by atoms with Crippen molar-refractivity contribution in [2.75, 3.05) is 0 Å². The maximum atomic E-state index is 13.2. The number of nitrogens with zero attached hydrogens (tertiary/aromatic N) is 1. The van der Waals surface area contributed by atoms with E-state index < -0.39 is 11.6 Å². The molecular weight excluding hydrogens is 431 g/mol. The molecule has 7 heteroatoms. The van der Waals surface area contributed by atoms with Crippen LogP contribution in [0.3, 0.4) is 0 Å². The van der Waals surface area contributed by atoms with E-state index in [4.69, 9.17) is 34.8 Å². The molecule has 0 aliphatic heterocycles. The van der Waals surface area contributed by atoms with Crippen LogP contribution in [-0.2, 0) is 22.6 Å². The zero-order valence-electron chi connectivity index (χ0n) is 16.9. The van der Waals surface area contributed by atoms with Gasteiger partial charge in [0, 0.05) is 27.2 Å². The van der Waals surface area contributed by atoms with E-state index in [-0.39, 0.29) is 24.8 Å². The van der Waals surface area contributed by atoms with Crippen molar-refractivity contribution in [1.82, 2.24) is 10.2 Å². The van der Waals surface area contributed by atoms with Crippen LogP contribution < -0.4 is 5.32 Å². The van der Waals surface area contributed by atoms with Crippen LogP contribution in [0.15, 0.2) is 42.5 Å². The molecule has 2 aromatic carbocycles. The Kier molecular flexibility index (Phi) is 7.98. The minimum atomic E-state index is -0.698. The largest absolute Gasteiger partial charge is 0.350 e. The molecule has 29 heavy (non-hydrogen) atoms. The van der Waals surface area contributed by atoms with Gasteiger partial charge in [-0.2, -0.15) is 0 Å². The lowest BCUT2D eigenvalue weighted by molar-refractivity contribution is -0.140. The van der Waals surface area contributed by atoms with E-state index in [1.165, 1.54) is 4.90 Å². The molecule has 156 valence electrons. The summed E-state index contributed by atoms with van der Waals surface area (Å²) in [6.45, 7) is 7.56. The van der Waals surface area contributed by atoms with Crippen molar-refractivity contribution in [3.05, 3.63) is 68.7 Å². The van der Waals surface area contributed by atoms with E-state index >= 15 is 0 Å². The lowest BCUT2D eigenvalue weighted by atomic mass is 10.1. The Morgan fingerprint density at radius 2 is 1.66 bits per heavy atom. The van der Waals surface area contributed by atoms with Gasteiger partial charge in [0.05, 0.1) is 6.42 Å². The fourth-order valence-electron chi connectivity index (χ4n) is 2.80. The lowest BCUT2D eigenvalue weighted by Gasteiger charge is -2.32. The van der Waals surface area contributed by atoms with Crippen molar-refractivity contribution < 1.29 is 9.59 Å². The molecule has 2 amide bonds. The van der Waals surface area contributed by atoms with Crippen molar-refractivity contribution in [3.8, 4) is 0 Å². The summed E-state index contributed by atoms with van der Waals surface area (Å²) >= 11 is 18.5. The summed E-state index contributed by atoms with van der Waals surface area (Å²) in [5.41, 5.74) is 0.995. The van der Waals surface area contributed by atoms with Gasteiger partial charge in [-0.15, -0.1) is 0 Å². The summed E-state index contributed by atoms with van der Waals surface area (Å²) in [5.74, 6) is -0.462. The molecule has 0 aliphatic carbocycles. The van der Waals surface area contributed by atoms with E-state index in [0.717, 1.165) is 0 Å². The topological polar surface area (TPSA) is 49.4 Å². The third-order valence-corrected chi connectivity index (χ3v) is 5.28. The van der Waals surface area contributed by atoms with Gasteiger partial charge in [-0.25, -0.2) is 0 Å².